The number of aliphatic carboxylic acids is 1. The number of carbonyl (C=O) groups is 2. The van der Waals surface area contributed by atoms with E-state index in [4.69, 9.17) is 4.74 Å². The maximum absolute atomic E-state index is 13.0. The molecule has 0 spiro atoms. The van der Waals surface area contributed by atoms with E-state index in [-0.39, 0.29) is 67.8 Å². The zero-order chi connectivity index (χ0) is 18.8. The fourth-order valence-electron chi connectivity index (χ4n) is 3.04. The Morgan fingerprint density at radius 3 is 1.56 bits per heavy atom. The third kappa shape index (κ3) is 5.98. The number of hydrogen-bond donors (Lipinski definition) is 0. The van der Waals surface area contributed by atoms with Gasteiger partial charge in [-0.2, -0.15) is 0 Å². The largest absolute Gasteiger partial charge is 1.00 e. The standard InChI is InChI=1S/C20H30O4.Na/c1-7-11-19(12-8-2,17(21)22)20(13-9-3,14-10-4)18(23)24-15-16(5)6;/h7-10,16H,1-4,11-15H2,5-6H3,(H,21,22);/q;+1/p-1. The molecule has 0 aliphatic carbocycles. The van der Waals surface area contributed by atoms with Gasteiger partial charge in [0.15, 0.2) is 0 Å². The van der Waals surface area contributed by atoms with E-state index in [9.17, 15) is 14.7 Å². The van der Waals surface area contributed by atoms with Crippen molar-refractivity contribution < 1.29 is 49.0 Å². The van der Waals surface area contributed by atoms with E-state index in [0.717, 1.165) is 0 Å². The Kier molecular flexibility index (Phi) is 12.8. The third-order valence-corrected chi connectivity index (χ3v) is 4.22. The molecule has 0 saturated carbocycles. The predicted molar refractivity (Wildman–Crippen MR) is 94.9 cm³/mol. The van der Waals surface area contributed by atoms with Crippen molar-refractivity contribution in [3.63, 3.8) is 0 Å². The van der Waals surface area contributed by atoms with Crippen LogP contribution in [0.3, 0.4) is 0 Å². The van der Waals surface area contributed by atoms with Gasteiger partial charge in [0.1, 0.15) is 0 Å². The molecule has 134 valence electrons. The summed E-state index contributed by atoms with van der Waals surface area (Å²) in [4.78, 5) is 25.1. The normalized spacial score (nSPS) is 11.2. The maximum Gasteiger partial charge on any atom is 1.00 e. The van der Waals surface area contributed by atoms with Crippen LogP contribution >= 0.6 is 0 Å². The summed E-state index contributed by atoms with van der Waals surface area (Å²) in [5.74, 6) is -1.77. The zero-order valence-electron chi connectivity index (χ0n) is 15.9. The molecule has 0 aromatic rings. The second-order valence-electron chi connectivity index (χ2n) is 6.42. The molecule has 0 radical (unpaired) electrons. The van der Waals surface area contributed by atoms with E-state index in [2.05, 4.69) is 26.3 Å². The molecular formula is C20H29NaO4. The van der Waals surface area contributed by atoms with Crippen LogP contribution in [0, 0.1) is 16.7 Å². The van der Waals surface area contributed by atoms with Gasteiger partial charge in [-0.1, -0.05) is 38.2 Å². The van der Waals surface area contributed by atoms with Gasteiger partial charge in [0.25, 0.3) is 0 Å². The first-order chi connectivity index (χ1) is 11.3. The van der Waals surface area contributed by atoms with Crippen molar-refractivity contribution in [3.8, 4) is 0 Å². The Labute approximate surface area is 174 Å². The Morgan fingerprint density at radius 1 is 0.920 bits per heavy atom. The second-order valence-corrected chi connectivity index (χ2v) is 6.42. The summed E-state index contributed by atoms with van der Waals surface area (Å²) in [5.41, 5.74) is -2.89. The summed E-state index contributed by atoms with van der Waals surface area (Å²) in [6.07, 6.45) is 6.40. The molecule has 25 heavy (non-hydrogen) atoms. The molecule has 0 rings (SSSR count). The summed E-state index contributed by atoms with van der Waals surface area (Å²) in [5, 5.41) is 12.2. The molecular weight excluding hydrogens is 327 g/mol. The minimum atomic E-state index is -1.52. The molecule has 0 atom stereocenters. The van der Waals surface area contributed by atoms with Gasteiger partial charge in [0.05, 0.1) is 12.0 Å². The smallest absolute Gasteiger partial charge is 0.549 e. The first-order valence-corrected chi connectivity index (χ1v) is 8.10. The topological polar surface area (TPSA) is 66.4 Å². The fraction of sp³-hybridized carbons (Fsp3) is 0.500. The Bertz CT molecular complexity index is 474. The molecule has 5 heteroatoms. The number of carbonyl (C=O) groups excluding carboxylic acids is 2. The predicted octanol–water partition coefficient (Wildman–Crippen LogP) is 0.217. The van der Waals surface area contributed by atoms with Crippen molar-refractivity contribution in [2.45, 2.75) is 39.5 Å². The van der Waals surface area contributed by atoms with Crippen LogP contribution in [0.15, 0.2) is 50.6 Å². The number of carboxylic acid groups (broad SMARTS) is 1. The van der Waals surface area contributed by atoms with Crippen molar-refractivity contribution in [2.75, 3.05) is 6.61 Å². The van der Waals surface area contributed by atoms with E-state index in [1.54, 1.807) is 0 Å². The van der Waals surface area contributed by atoms with Crippen LogP contribution in [0.25, 0.3) is 0 Å². The van der Waals surface area contributed by atoms with Gasteiger partial charge < -0.3 is 14.6 Å². The molecule has 0 aliphatic heterocycles. The van der Waals surface area contributed by atoms with Crippen LogP contribution < -0.4 is 34.7 Å². The van der Waals surface area contributed by atoms with Crippen LogP contribution in [0.1, 0.15) is 39.5 Å². The van der Waals surface area contributed by atoms with Gasteiger partial charge in [0, 0.05) is 11.4 Å². The number of esters is 1. The van der Waals surface area contributed by atoms with E-state index in [1.165, 1.54) is 24.3 Å². The average Bonchev–Trinajstić information content (AvgIpc) is 2.51. The molecule has 0 aliphatic rings. The van der Waals surface area contributed by atoms with Gasteiger partial charge in [0.2, 0.25) is 0 Å². The molecule has 0 aromatic carbocycles. The minimum absolute atomic E-state index is 0. The van der Waals surface area contributed by atoms with Crippen molar-refractivity contribution in [2.24, 2.45) is 16.7 Å². The maximum atomic E-state index is 13.0. The second kappa shape index (κ2) is 12.3. The molecule has 0 saturated heterocycles. The van der Waals surface area contributed by atoms with E-state index < -0.39 is 22.8 Å². The first kappa shape index (κ1) is 26.1. The van der Waals surface area contributed by atoms with Crippen molar-refractivity contribution >= 4 is 11.9 Å². The third-order valence-electron chi connectivity index (χ3n) is 4.22. The first-order valence-electron chi connectivity index (χ1n) is 8.10. The molecule has 0 N–H and O–H groups in total. The molecule has 0 fully saturated rings. The van der Waals surface area contributed by atoms with Crippen LogP contribution in [0.5, 0.6) is 0 Å². The number of ether oxygens (including phenoxy) is 1. The van der Waals surface area contributed by atoms with Gasteiger partial charge in [-0.15, -0.1) is 26.3 Å². The van der Waals surface area contributed by atoms with Crippen LogP contribution in [-0.4, -0.2) is 18.5 Å². The Morgan fingerprint density at radius 2 is 1.28 bits per heavy atom. The molecule has 0 heterocycles. The summed E-state index contributed by atoms with van der Waals surface area (Å²) in [7, 11) is 0. The van der Waals surface area contributed by atoms with Crippen molar-refractivity contribution in [3.05, 3.63) is 50.6 Å². The van der Waals surface area contributed by atoms with E-state index >= 15 is 0 Å². The summed E-state index contributed by atoms with van der Waals surface area (Å²) < 4.78 is 5.43. The van der Waals surface area contributed by atoms with Crippen LogP contribution in [0.4, 0.5) is 0 Å². The molecule has 0 bridgehead atoms. The molecule has 0 amide bonds. The molecule has 0 aromatic heterocycles. The summed E-state index contributed by atoms with van der Waals surface area (Å²) >= 11 is 0. The van der Waals surface area contributed by atoms with Gasteiger partial charge in [-0.3, -0.25) is 4.79 Å². The number of hydrogen-bond acceptors (Lipinski definition) is 4. The fourth-order valence-corrected chi connectivity index (χ4v) is 3.04. The number of rotatable bonds is 13. The van der Waals surface area contributed by atoms with Gasteiger partial charge >= 0.3 is 35.5 Å². The van der Waals surface area contributed by atoms with Crippen molar-refractivity contribution in [1.29, 1.82) is 0 Å². The van der Waals surface area contributed by atoms with Gasteiger partial charge in [-0.05, 0) is 31.6 Å². The molecule has 0 unspecified atom stereocenters. The summed E-state index contributed by atoms with van der Waals surface area (Å²) in [6, 6.07) is 0. The minimum Gasteiger partial charge on any atom is -0.549 e. The van der Waals surface area contributed by atoms with Crippen molar-refractivity contribution in [1.82, 2.24) is 0 Å². The van der Waals surface area contributed by atoms with Gasteiger partial charge in [-0.25, -0.2) is 0 Å². The number of allylic oxidation sites excluding steroid dienone is 4. The SMILES string of the molecule is C=CCC(CC=C)(C(=O)[O-])C(CC=C)(CC=C)C(=O)OCC(C)C.[Na+]. The Balaban J connectivity index is 0. The Hall–Kier alpha value is -1.10. The van der Waals surface area contributed by atoms with E-state index in [0.29, 0.717) is 0 Å². The van der Waals surface area contributed by atoms with E-state index in [1.807, 2.05) is 13.8 Å². The average molecular weight is 356 g/mol. The zero-order valence-corrected chi connectivity index (χ0v) is 17.9. The van der Waals surface area contributed by atoms with Crippen LogP contribution in [-0.2, 0) is 14.3 Å². The summed E-state index contributed by atoms with van der Waals surface area (Å²) in [6.45, 7) is 18.7. The monoisotopic (exact) mass is 356 g/mol. The quantitative estimate of drug-likeness (QED) is 0.269. The molecule has 4 nitrogen and oxygen atoms in total. The van der Waals surface area contributed by atoms with Crippen LogP contribution in [0.2, 0.25) is 0 Å². The number of carboxylic acids is 1.